The maximum atomic E-state index is 13.4. The van der Waals surface area contributed by atoms with E-state index in [1.807, 2.05) is 0 Å². The lowest BCUT2D eigenvalue weighted by atomic mass is 10.1. The molecule has 0 aliphatic carbocycles. The van der Waals surface area contributed by atoms with E-state index in [-0.39, 0.29) is 22.5 Å². The molecule has 8 heteroatoms. The lowest BCUT2D eigenvalue weighted by Crippen LogP contribution is -2.34. The van der Waals surface area contributed by atoms with Crippen molar-refractivity contribution < 1.29 is 22.3 Å². The van der Waals surface area contributed by atoms with Gasteiger partial charge in [0.1, 0.15) is 5.82 Å². The van der Waals surface area contributed by atoms with Gasteiger partial charge in [-0.1, -0.05) is 0 Å². The van der Waals surface area contributed by atoms with Crippen molar-refractivity contribution in [3.63, 3.8) is 0 Å². The second kappa shape index (κ2) is 8.28. The molecule has 2 aromatic rings. The van der Waals surface area contributed by atoms with Crippen LogP contribution in [0.5, 0.6) is 0 Å². The number of aryl methyl sites for hydroxylation is 1. The molecule has 1 unspecified atom stereocenters. The number of ether oxygens (including phenoxy) is 1. The third-order valence-corrected chi connectivity index (χ3v) is 6.05. The minimum Gasteiger partial charge on any atom is -0.376 e. The maximum absolute atomic E-state index is 13.4. The van der Waals surface area contributed by atoms with Crippen LogP contribution < -0.4 is 4.72 Å². The van der Waals surface area contributed by atoms with Crippen molar-refractivity contribution in [1.82, 2.24) is 4.90 Å². The zero-order chi connectivity index (χ0) is 20.3. The van der Waals surface area contributed by atoms with Crippen molar-refractivity contribution in [3.05, 3.63) is 59.4 Å². The number of nitrogens with zero attached hydrogens (tertiary/aromatic N) is 1. The van der Waals surface area contributed by atoms with E-state index in [1.165, 1.54) is 31.2 Å². The number of hydrogen-bond donors (Lipinski definition) is 1. The third kappa shape index (κ3) is 4.69. The fourth-order valence-corrected chi connectivity index (χ4v) is 4.22. The number of sulfonamides is 1. The van der Waals surface area contributed by atoms with Crippen LogP contribution in [0.4, 0.5) is 10.1 Å². The quantitative estimate of drug-likeness (QED) is 0.799. The zero-order valence-corrected chi connectivity index (χ0v) is 16.6. The summed E-state index contributed by atoms with van der Waals surface area (Å²) in [4.78, 5) is 14.1. The third-order valence-electron chi connectivity index (χ3n) is 4.67. The van der Waals surface area contributed by atoms with Crippen molar-refractivity contribution >= 4 is 21.6 Å². The van der Waals surface area contributed by atoms with Gasteiger partial charge in [0.05, 0.1) is 11.0 Å². The largest absolute Gasteiger partial charge is 0.376 e. The van der Waals surface area contributed by atoms with Gasteiger partial charge < -0.3 is 9.64 Å². The smallest absolute Gasteiger partial charge is 0.261 e. The molecular weight excluding hydrogens is 383 g/mol. The fraction of sp³-hybridized carbons (Fsp3) is 0.350. The van der Waals surface area contributed by atoms with Gasteiger partial charge in [0.2, 0.25) is 0 Å². The second-order valence-electron chi connectivity index (χ2n) is 6.91. The van der Waals surface area contributed by atoms with Gasteiger partial charge in [-0.2, -0.15) is 0 Å². The van der Waals surface area contributed by atoms with Crippen LogP contribution in [0.3, 0.4) is 0 Å². The molecule has 1 N–H and O–H groups in total. The lowest BCUT2D eigenvalue weighted by Gasteiger charge is -2.21. The Labute approximate surface area is 164 Å². The summed E-state index contributed by atoms with van der Waals surface area (Å²) in [6.07, 6.45) is 2.02. The highest BCUT2D eigenvalue weighted by atomic mass is 32.2. The summed E-state index contributed by atoms with van der Waals surface area (Å²) in [7, 11) is -2.13. The fourth-order valence-electron chi connectivity index (χ4n) is 3.08. The number of hydrogen-bond acceptors (Lipinski definition) is 4. The van der Waals surface area contributed by atoms with E-state index in [9.17, 15) is 17.6 Å². The summed E-state index contributed by atoms with van der Waals surface area (Å²) in [6, 6.07) is 9.81. The Bertz CT molecular complexity index is 955. The number of rotatable bonds is 6. The molecule has 1 aliphatic heterocycles. The van der Waals surface area contributed by atoms with Gasteiger partial charge >= 0.3 is 0 Å². The monoisotopic (exact) mass is 406 g/mol. The Morgan fingerprint density at radius 1 is 1.25 bits per heavy atom. The molecule has 0 radical (unpaired) electrons. The second-order valence-corrected chi connectivity index (χ2v) is 8.60. The number of anilines is 1. The van der Waals surface area contributed by atoms with Crippen LogP contribution >= 0.6 is 0 Å². The molecule has 28 heavy (non-hydrogen) atoms. The Balaban J connectivity index is 1.67. The average Bonchev–Trinajstić information content (AvgIpc) is 3.16. The van der Waals surface area contributed by atoms with Crippen molar-refractivity contribution in [2.24, 2.45) is 0 Å². The minimum absolute atomic E-state index is 0.0251. The van der Waals surface area contributed by atoms with E-state index in [0.29, 0.717) is 17.8 Å². The molecule has 3 rings (SSSR count). The highest BCUT2D eigenvalue weighted by Crippen LogP contribution is 2.20. The summed E-state index contributed by atoms with van der Waals surface area (Å²) in [6.45, 7) is 2.76. The normalized spacial score (nSPS) is 16.8. The van der Waals surface area contributed by atoms with Crippen LogP contribution in [0.1, 0.15) is 28.8 Å². The Hall–Kier alpha value is -2.45. The first-order valence-electron chi connectivity index (χ1n) is 9.02. The molecule has 1 fully saturated rings. The molecule has 1 saturated heterocycles. The van der Waals surface area contributed by atoms with Gasteiger partial charge in [-0.3, -0.25) is 9.52 Å². The summed E-state index contributed by atoms with van der Waals surface area (Å²) < 4.78 is 46.3. The van der Waals surface area contributed by atoms with Crippen LogP contribution in [0.25, 0.3) is 0 Å². The minimum atomic E-state index is -3.85. The number of carbonyl (C=O) groups is 1. The molecule has 0 spiro atoms. The SMILES string of the molecule is Cc1cc(S(=O)(=O)Nc2ccc(C(=O)N(C)CC3CCCO3)cc2)ccc1F. The van der Waals surface area contributed by atoms with Crippen molar-refractivity contribution in [1.29, 1.82) is 0 Å². The molecule has 1 amide bonds. The first-order chi connectivity index (χ1) is 13.3. The summed E-state index contributed by atoms with van der Waals surface area (Å²) in [5.74, 6) is -0.618. The van der Waals surface area contributed by atoms with E-state index in [1.54, 1.807) is 24.1 Å². The molecule has 6 nitrogen and oxygen atoms in total. The van der Waals surface area contributed by atoms with E-state index in [2.05, 4.69) is 4.72 Å². The number of carbonyl (C=O) groups excluding carboxylic acids is 1. The lowest BCUT2D eigenvalue weighted by molar-refractivity contribution is 0.0587. The van der Waals surface area contributed by atoms with E-state index >= 15 is 0 Å². The van der Waals surface area contributed by atoms with Crippen LogP contribution in [0.15, 0.2) is 47.4 Å². The topological polar surface area (TPSA) is 75.7 Å². The summed E-state index contributed by atoms with van der Waals surface area (Å²) in [5, 5.41) is 0. The molecule has 2 aromatic carbocycles. The molecule has 1 aliphatic rings. The number of amides is 1. The van der Waals surface area contributed by atoms with Crippen molar-refractivity contribution in [3.8, 4) is 0 Å². The Morgan fingerprint density at radius 3 is 2.57 bits per heavy atom. The number of nitrogens with one attached hydrogen (secondary N) is 1. The van der Waals surface area contributed by atoms with Gasteiger partial charge in [-0.25, -0.2) is 12.8 Å². The number of halogens is 1. The van der Waals surface area contributed by atoms with Gasteiger partial charge in [0, 0.05) is 31.5 Å². The predicted octanol–water partition coefficient (Wildman–Crippen LogP) is 3.19. The zero-order valence-electron chi connectivity index (χ0n) is 15.8. The standard InChI is InChI=1S/C20H23FN2O4S/c1-14-12-18(9-10-19(14)21)28(25,26)22-16-7-5-15(6-8-16)20(24)23(2)13-17-4-3-11-27-17/h5-10,12,17,22H,3-4,11,13H2,1-2H3. The highest BCUT2D eigenvalue weighted by Gasteiger charge is 2.21. The number of likely N-dealkylation sites (N-methyl/N-ethyl adjacent to an activating group) is 1. The molecule has 0 aromatic heterocycles. The summed E-state index contributed by atoms with van der Waals surface area (Å²) in [5.41, 5.74) is 1.03. The highest BCUT2D eigenvalue weighted by molar-refractivity contribution is 7.92. The van der Waals surface area contributed by atoms with E-state index in [0.717, 1.165) is 25.5 Å². The maximum Gasteiger partial charge on any atom is 0.261 e. The molecule has 0 bridgehead atoms. The average molecular weight is 406 g/mol. The van der Waals surface area contributed by atoms with E-state index in [4.69, 9.17) is 4.74 Å². The van der Waals surface area contributed by atoms with Crippen molar-refractivity contribution in [2.75, 3.05) is 24.9 Å². The summed E-state index contributed by atoms with van der Waals surface area (Å²) >= 11 is 0. The van der Waals surface area contributed by atoms with Crippen LogP contribution in [0, 0.1) is 12.7 Å². The predicted molar refractivity (Wildman–Crippen MR) is 104 cm³/mol. The van der Waals surface area contributed by atoms with E-state index < -0.39 is 15.8 Å². The van der Waals surface area contributed by atoms with Crippen LogP contribution in [-0.2, 0) is 14.8 Å². The Morgan fingerprint density at radius 2 is 1.96 bits per heavy atom. The van der Waals surface area contributed by atoms with Gasteiger partial charge in [0.25, 0.3) is 15.9 Å². The molecule has 1 atom stereocenters. The van der Waals surface area contributed by atoms with Crippen LogP contribution in [-0.4, -0.2) is 45.5 Å². The molecular formula is C20H23FN2O4S. The first kappa shape index (κ1) is 20.3. The Kier molecular flexibility index (Phi) is 6.00. The van der Waals surface area contributed by atoms with Crippen LogP contribution in [0.2, 0.25) is 0 Å². The molecule has 1 heterocycles. The first-order valence-corrected chi connectivity index (χ1v) is 10.5. The molecule has 0 saturated carbocycles. The molecule has 150 valence electrons. The van der Waals surface area contributed by atoms with Crippen molar-refractivity contribution in [2.45, 2.75) is 30.8 Å². The van der Waals surface area contributed by atoms with Gasteiger partial charge in [-0.05, 0) is 67.8 Å². The van der Waals surface area contributed by atoms with Gasteiger partial charge in [-0.15, -0.1) is 0 Å². The van der Waals surface area contributed by atoms with Gasteiger partial charge in [0.15, 0.2) is 0 Å². The number of benzene rings is 2.